The topological polar surface area (TPSA) is 128 Å². The van der Waals surface area contributed by atoms with Gasteiger partial charge in [-0.1, -0.05) is 30.3 Å². The Bertz CT molecular complexity index is 716. The Balaban J connectivity index is 0.000000312. The average molecular weight is 486 g/mol. The van der Waals surface area contributed by atoms with Crippen LogP contribution < -0.4 is 29.6 Å². The van der Waals surface area contributed by atoms with Crippen molar-refractivity contribution in [3.05, 3.63) is 41.8 Å². The van der Waals surface area contributed by atoms with Crippen LogP contribution in [0, 0.1) is 22.7 Å². The average Bonchev–Trinajstić information content (AvgIpc) is 3.81. The molecule has 0 saturated heterocycles. The van der Waals surface area contributed by atoms with Crippen molar-refractivity contribution in [1.29, 1.82) is 0 Å². The van der Waals surface area contributed by atoms with Crippen molar-refractivity contribution in [3.8, 4) is 0 Å². The minimum absolute atomic E-state index is 0. The summed E-state index contributed by atoms with van der Waals surface area (Å²) in [6.45, 7) is 0.418. The smallest absolute Gasteiger partial charge is 0.553 e. The Kier molecular flexibility index (Phi) is 13.9. The third-order valence-corrected chi connectivity index (χ3v) is 7.91. The molecule has 0 amide bonds. The number of carboxylic acid groups (broad SMARTS) is 1. The van der Waals surface area contributed by atoms with Gasteiger partial charge in [0, 0.05) is 7.11 Å². The fourth-order valence-corrected chi connectivity index (χ4v) is 5.14. The summed E-state index contributed by atoms with van der Waals surface area (Å²) in [7, 11) is 1.00. The van der Waals surface area contributed by atoms with E-state index in [1.165, 1.54) is 51.4 Å². The van der Waals surface area contributed by atoms with Gasteiger partial charge in [-0.25, -0.2) is 0 Å². The first-order chi connectivity index (χ1) is 16.0. The van der Waals surface area contributed by atoms with E-state index < -0.39 is 5.97 Å². The summed E-state index contributed by atoms with van der Waals surface area (Å²) in [6.07, 6.45) is 14.2. The van der Waals surface area contributed by atoms with Crippen LogP contribution in [0.3, 0.4) is 0 Å². The summed E-state index contributed by atoms with van der Waals surface area (Å²) in [5, 5.41) is 22.0. The molecule has 0 heterocycles. The maximum Gasteiger partial charge on any atom is 1.00 e. The van der Waals surface area contributed by atoms with Gasteiger partial charge < -0.3 is 26.1 Å². The van der Waals surface area contributed by atoms with E-state index >= 15 is 0 Å². The van der Waals surface area contributed by atoms with Crippen LogP contribution in [0.5, 0.6) is 0 Å². The predicted molar refractivity (Wildman–Crippen MR) is 125 cm³/mol. The third-order valence-electron chi connectivity index (χ3n) is 7.91. The third kappa shape index (κ3) is 9.59. The minimum atomic E-state index is -0.583. The van der Waals surface area contributed by atoms with Crippen LogP contribution >= 0.6 is 0 Å². The predicted octanol–water partition coefficient (Wildman–Crippen LogP) is 2.78. The fraction of sp³-hybridized carbons (Fsp3) is 0.692. The van der Waals surface area contributed by atoms with Crippen LogP contribution in [0.2, 0.25) is 0 Å². The molecule has 1 aromatic carbocycles. The van der Waals surface area contributed by atoms with Crippen LogP contribution in [0.4, 0.5) is 0 Å². The second-order valence-electron chi connectivity index (χ2n) is 9.98. The fourth-order valence-electron chi connectivity index (χ4n) is 5.14. The van der Waals surface area contributed by atoms with E-state index in [2.05, 4.69) is 0 Å². The number of hydrogen-bond donors (Lipinski definition) is 3. The second-order valence-corrected chi connectivity index (χ2v) is 9.98. The maximum absolute atomic E-state index is 12.0. The summed E-state index contributed by atoms with van der Waals surface area (Å²) in [6, 6.07) is 9.91. The van der Waals surface area contributed by atoms with Gasteiger partial charge in [0.1, 0.15) is 6.61 Å². The number of aliphatic hydroxyl groups excluding tert-OH is 1. The first-order valence-corrected chi connectivity index (χ1v) is 12.1. The first-order valence-electron chi connectivity index (χ1n) is 12.1. The number of aliphatic carboxylic acids is 1. The van der Waals surface area contributed by atoms with Gasteiger partial charge in [0.05, 0.1) is 11.8 Å². The van der Waals surface area contributed by atoms with Gasteiger partial charge >= 0.3 is 41.5 Å². The Labute approximate surface area is 225 Å². The molecule has 7 nitrogen and oxygen atoms in total. The zero-order chi connectivity index (χ0) is 24.3. The summed E-state index contributed by atoms with van der Waals surface area (Å²) >= 11 is 0. The van der Waals surface area contributed by atoms with Crippen LogP contribution in [-0.2, 0) is 20.9 Å². The molecule has 0 radical (unpaired) electrons. The monoisotopic (exact) mass is 485 g/mol. The van der Waals surface area contributed by atoms with E-state index in [4.69, 9.17) is 26.1 Å². The van der Waals surface area contributed by atoms with Gasteiger partial charge in [0.2, 0.25) is 0 Å². The molecule has 4 N–H and O–H groups in total. The van der Waals surface area contributed by atoms with E-state index in [1.54, 1.807) is 0 Å². The second kappa shape index (κ2) is 15.2. The number of benzene rings is 1. The van der Waals surface area contributed by atoms with Crippen LogP contribution in [0.1, 0.15) is 82.6 Å². The SMILES string of the molecule is CO.O=C(O)C1CCC2(CC1)CC2.O=C(OCc1ccccc1)C1CCC2(CC1)CC2.[NH-]O.[Na+]. The molecule has 4 aliphatic carbocycles. The molecule has 2 spiro atoms. The van der Waals surface area contributed by atoms with Crippen LogP contribution in [0.25, 0.3) is 5.90 Å². The van der Waals surface area contributed by atoms with Gasteiger partial charge in [-0.15, -0.1) is 0 Å². The molecule has 186 valence electrons. The normalized spacial score (nSPS) is 22.8. The van der Waals surface area contributed by atoms with Gasteiger partial charge in [0.15, 0.2) is 0 Å². The number of nitrogens with one attached hydrogen (secondary N) is 1. The summed E-state index contributed by atoms with van der Waals surface area (Å²) in [5.41, 5.74) is 2.35. The van der Waals surface area contributed by atoms with E-state index in [0.717, 1.165) is 38.4 Å². The van der Waals surface area contributed by atoms with Gasteiger partial charge in [-0.05, 0) is 93.4 Å². The number of carbonyl (C=O) groups excluding carboxylic acids is 1. The van der Waals surface area contributed by atoms with Crippen molar-refractivity contribution in [2.75, 3.05) is 7.11 Å². The van der Waals surface area contributed by atoms with Crippen molar-refractivity contribution in [3.63, 3.8) is 0 Å². The van der Waals surface area contributed by atoms with E-state index in [1.807, 2.05) is 30.3 Å². The van der Waals surface area contributed by atoms with Crippen molar-refractivity contribution < 1.29 is 59.3 Å². The molecule has 4 aliphatic rings. The molecule has 0 atom stereocenters. The Morgan fingerprint density at radius 3 is 1.62 bits per heavy atom. The molecule has 1 aromatic rings. The number of esters is 1. The molecular weight excluding hydrogens is 445 g/mol. The van der Waals surface area contributed by atoms with Crippen molar-refractivity contribution >= 4 is 11.9 Å². The first kappa shape index (κ1) is 31.1. The number of ether oxygens (including phenoxy) is 1. The Hall–Kier alpha value is -0.960. The Morgan fingerprint density at radius 2 is 1.24 bits per heavy atom. The molecule has 0 aliphatic heterocycles. The molecule has 4 fully saturated rings. The quantitative estimate of drug-likeness (QED) is 0.342. The number of carbonyl (C=O) groups is 2. The van der Waals surface area contributed by atoms with Crippen LogP contribution in [-0.4, -0.2) is 34.5 Å². The molecular formula is C26H40NNaO6. The summed E-state index contributed by atoms with van der Waals surface area (Å²) in [5.74, 6) is 4.30. The molecule has 0 unspecified atom stereocenters. The van der Waals surface area contributed by atoms with E-state index in [9.17, 15) is 9.59 Å². The number of rotatable bonds is 4. The van der Waals surface area contributed by atoms with Gasteiger partial charge in [0.25, 0.3) is 0 Å². The zero-order valence-electron chi connectivity index (χ0n) is 20.8. The molecule has 8 heteroatoms. The van der Waals surface area contributed by atoms with Gasteiger partial charge in [-0.2, -0.15) is 0 Å². The number of carboxylic acids is 1. The van der Waals surface area contributed by atoms with E-state index in [-0.39, 0.29) is 47.4 Å². The molecule has 4 saturated carbocycles. The van der Waals surface area contributed by atoms with Crippen molar-refractivity contribution in [2.24, 2.45) is 22.7 Å². The minimum Gasteiger partial charge on any atom is -0.553 e. The largest absolute Gasteiger partial charge is 1.00 e. The number of hydrogen-bond acceptors (Lipinski definition) is 5. The van der Waals surface area contributed by atoms with E-state index in [0.29, 0.717) is 17.4 Å². The summed E-state index contributed by atoms with van der Waals surface area (Å²) < 4.78 is 5.42. The Morgan fingerprint density at radius 1 is 0.824 bits per heavy atom. The molecule has 34 heavy (non-hydrogen) atoms. The molecule has 5 rings (SSSR count). The van der Waals surface area contributed by atoms with Crippen molar-refractivity contribution in [2.45, 2.75) is 83.7 Å². The standard InChI is InChI=1S/C16H20O2.C9H14O2.CH4O.H2NO.Na/c17-15(18-12-13-4-2-1-3-5-13)14-6-8-16(9-7-14)10-11-16;10-8(11)7-1-3-9(4-2-7)5-6-9;2*1-2;/h1-5,14H,6-12H2;7H,1-6H2,(H,10,11);2H,1H3;1-2H;/q;;;-1;+1. The zero-order valence-corrected chi connectivity index (χ0v) is 22.8. The molecule has 0 aromatic heterocycles. The maximum atomic E-state index is 12.0. The van der Waals surface area contributed by atoms with Gasteiger partial charge in [-0.3, -0.25) is 9.59 Å². The summed E-state index contributed by atoms with van der Waals surface area (Å²) in [4.78, 5) is 22.6. The number of aliphatic hydroxyl groups is 1. The van der Waals surface area contributed by atoms with Crippen molar-refractivity contribution in [1.82, 2.24) is 0 Å². The van der Waals surface area contributed by atoms with Crippen LogP contribution in [0.15, 0.2) is 30.3 Å². The molecule has 0 bridgehead atoms.